The Morgan fingerprint density at radius 1 is 1.12 bits per heavy atom. The number of anilines is 1. The summed E-state index contributed by atoms with van der Waals surface area (Å²) in [5.41, 5.74) is 1.61. The van der Waals surface area contributed by atoms with E-state index in [0.29, 0.717) is 38.4 Å². The first-order valence-corrected chi connectivity index (χ1v) is 11.9. The smallest absolute Gasteiger partial charge is 0.409 e. The Balaban J connectivity index is 0.000000376. The van der Waals surface area contributed by atoms with Crippen molar-refractivity contribution < 1.29 is 23.4 Å². The number of halogens is 1. The Bertz CT molecular complexity index is 894. The van der Waals surface area contributed by atoms with Crippen molar-refractivity contribution in [3.8, 4) is 0 Å². The van der Waals surface area contributed by atoms with E-state index in [1.54, 1.807) is 11.0 Å². The third-order valence-corrected chi connectivity index (χ3v) is 6.13. The molecule has 1 N–H and O–H groups in total. The van der Waals surface area contributed by atoms with Gasteiger partial charge >= 0.3 is 6.09 Å². The second-order valence-corrected chi connectivity index (χ2v) is 8.29. The zero-order valence-electron chi connectivity index (χ0n) is 19.3. The van der Waals surface area contributed by atoms with Gasteiger partial charge in [0.05, 0.1) is 44.1 Å². The Labute approximate surface area is 193 Å². The van der Waals surface area contributed by atoms with Gasteiger partial charge in [-0.15, -0.1) is 0 Å². The highest BCUT2D eigenvalue weighted by Crippen LogP contribution is 2.33. The molecule has 4 heterocycles. The number of carbonyl (C=O) groups excluding carboxylic acids is 1. The Morgan fingerprint density at radius 3 is 2.42 bits per heavy atom. The Morgan fingerprint density at radius 2 is 1.82 bits per heavy atom. The van der Waals surface area contributed by atoms with E-state index in [0.717, 1.165) is 63.7 Å². The molecule has 182 valence electrons. The standard InChI is InChI=1S/C19H25FN4O3.C4H9NO/c1-2-27-19(25)23-7-5-15(6-8-23)24-17-4-3-14(20)13-16(17)21-18(24)22-9-11-26-12-10-22;1-3-6-4-2-5-1/h3-4,13,15H,2,5-12H2,1H3;5H,1-4H2. The molecular formula is C23H34FN5O4. The summed E-state index contributed by atoms with van der Waals surface area (Å²) in [6, 6.07) is 4.99. The van der Waals surface area contributed by atoms with Gasteiger partial charge in [0.25, 0.3) is 0 Å². The molecule has 0 atom stereocenters. The summed E-state index contributed by atoms with van der Waals surface area (Å²) < 4.78 is 31.5. The van der Waals surface area contributed by atoms with Crippen LogP contribution in [0, 0.1) is 5.82 Å². The highest BCUT2D eigenvalue weighted by atomic mass is 19.1. The second-order valence-electron chi connectivity index (χ2n) is 8.29. The molecule has 2 aromatic rings. The molecule has 0 saturated carbocycles. The third-order valence-electron chi connectivity index (χ3n) is 6.13. The number of piperidine rings is 1. The van der Waals surface area contributed by atoms with Gasteiger partial charge in [0.15, 0.2) is 0 Å². The van der Waals surface area contributed by atoms with Crippen LogP contribution in [0.25, 0.3) is 11.0 Å². The Hall–Kier alpha value is -2.43. The summed E-state index contributed by atoms with van der Waals surface area (Å²) in [5.74, 6) is 0.589. The summed E-state index contributed by atoms with van der Waals surface area (Å²) in [5, 5.41) is 3.16. The van der Waals surface area contributed by atoms with Gasteiger partial charge in [-0.25, -0.2) is 14.2 Å². The fourth-order valence-electron chi connectivity index (χ4n) is 4.44. The van der Waals surface area contributed by atoms with Gasteiger partial charge in [0.1, 0.15) is 5.82 Å². The van der Waals surface area contributed by atoms with Crippen LogP contribution >= 0.6 is 0 Å². The van der Waals surface area contributed by atoms with Crippen LogP contribution in [0.4, 0.5) is 15.1 Å². The highest BCUT2D eigenvalue weighted by Gasteiger charge is 2.29. The average molecular weight is 464 g/mol. The number of amides is 1. The van der Waals surface area contributed by atoms with Crippen LogP contribution in [0.1, 0.15) is 25.8 Å². The van der Waals surface area contributed by atoms with Gasteiger partial charge in [0, 0.05) is 51.4 Å². The SMILES string of the molecule is C1COCCN1.CCOC(=O)N1CCC(n2c(N3CCOCC3)nc3cc(F)ccc32)CC1. The number of nitrogens with one attached hydrogen (secondary N) is 1. The Kier molecular flexibility index (Phi) is 8.35. The molecule has 3 fully saturated rings. The number of aromatic nitrogens is 2. The molecule has 1 aromatic carbocycles. The molecule has 33 heavy (non-hydrogen) atoms. The molecule has 0 bridgehead atoms. The number of likely N-dealkylation sites (tertiary alicyclic amines) is 1. The first-order chi connectivity index (χ1) is 16.2. The fourth-order valence-corrected chi connectivity index (χ4v) is 4.44. The van der Waals surface area contributed by atoms with Crippen LogP contribution in [-0.2, 0) is 14.2 Å². The largest absolute Gasteiger partial charge is 0.450 e. The summed E-state index contributed by atoms with van der Waals surface area (Å²) in [7, 11) is 0. The average Bonchev–Trinajstić information content (AvgIpc) is 3.25. The zero-order valence-corrected chi connectivity index (χ0v) is 19.3. The minimum atomic E-state index is -0.280. The number of ether oxygens (including phenoxy) is 3. The van der Waals surface area contributed by atoms with E-state index >= 15 is 0 Å². The van der Waals surface area contributed by atoms with Crippen molar-refractivity contribution in [3.63, 3.8) is 0 Å². The van der Waals surface area contributed by atoms with Gasteiger partial charge in [-0.3, -0.25) is 0 Å². The van der Waals surface area contributed by atoms with E-state index in [1.807, 2.05) is 6.92 Å². The van der Waals surface area contributed by atoms with E-state index in [4.69, 9.17) is 19.2 Å². The normalized spacial score (nSPS) is 19.8. The lowest BCUT2D eigenvalue weighted by Crippen LogP contribution is -2.41. The van der Waals surface area contributed by atoms with Crippen molar-refractivity contribution in [1.29, 1.82) is 0 Å². The lowest BCUT2D eigenvalue weighted by Gasteiger charge is -2.35. The molecule has 10 heteroatoms. The van der Waals surface area contributed by atoms with E-state index in [9.17, 15) is 9.18 Å². The van der Waals surface area contributed by atoms with Crippen LogP contribution < -0.4 is 10.2 Å². The quantitative estimate of drug-likeness (QED) is 0.749. The summed E-state index contributed by atoms with van der Waals surface area (Å²) in [4.78, 5) is 20.7. The number of carbonyl (C=O) groups is 1. The van der Waals surface area contributed by atoms with Crippen molar-refractivity contribution in [2.45, 2.75) is 25.8 Å². The van der Waals surface area contributed by atoms with E-state index < -0.39 is 0 Å². The molecule has 1 aromatic heterocycles. The van der Waals surface area contributed by atoms with Crippen molar-refractivity contribution in [3.05, 3.63) is 24.0 Å². The zero-order chi connectivity index (χ0) is 23.0. The van der Waals surface area contributed by atoms with E-state index in [-0.39, 0.29) is 18.0 Å². The van der Waals surface area contributed by atoms with Gasteiger partial charge in [-0.1, -0.05) is 0 Å². The van der Waals surface area contributed by atoms with Gasteiger partial charge < -0.3 is 33.9 Å². The molecule has 3 aliphatic heterocycles. The topological polar surface area (TPSA) is 81.1 Å². The predicted molar refractivity (Wildman–Crippen MR) is 123 cm³/mol. The first-order valence-electron chi connectivity index (χ1n) is 11.9. The first kappa shape index (κ1) is 23.7. The van der Waals surface area contributed by atoms with Crippen LogP contribution in [-0.4, -0.2) is 92.8 Å². The van der Waals surface area contributed by atoms with E-state index in [1.165, 1.54) is 12.1 Å². The monoisotopic (exact) mass is 463 g/mol. The van der Waals surface area contributed by atoms with Crippen molar-refractivity contribution in [2.24, 2.45) is 0 Å². The van der Waals surface area contributed by atoms with Crippen molar-refractivity contribution in [1.82, 2.24) is 19.8 Å². The molecule has 3 aliphatic rings. The summed E-state index contributed by atoms with van der Waals surface area (Å²) in [6.07, 6.45) is 1.39. The molecule has 5 rings (SSSR count). The van der Waals surface area contributed by atoms with Gasteiger partial charge in [-0.05, 0) is 31.9 Å². The number of hydrogen-bond acceptors (Lipinski definition) is 7. The second kappa shape index (κ2) is 11.6. The molecule has 9 nitrogen and oxygen atoms in total. The lowest BCUT2D eigenvalue weighted by atomic mass is 10.0. The maximum atomic E-state index is 13.7. The number of morpholine rings is 2. The molecule has 0 aliphatic carbocycles. The minimum absolute atomic E-state index is 0.212. The lowest BCUT2D eigenvalue weighted by molar-refractivity contribution is 0.0927. The summed E-state index contributed by atoms with van der Waals surface area (Å²) in [6.45, 7) is 10.2. The van der Waals surface area contributed by atoms with Crippen molar-refractivity contribution in [2.75, 3.05) is 77.2 Å². The number of nitrogens with zero attached hydrogens (tertiary/aromatic N) is 4. The number of hydrogen-bond donors (Lipinski definition) is 1. The molecule has 1 amide bonds. The van der Waals surface area contributed by atoms with E-state index in [2.05, 4.69) is 14.8 Å². The number of fused-ring (bicyclic) bond motifs is 1. The third kappa shape index (κ3) is 5.93. The molecule has 0 radical (unpaired) electrons. The van der Waals surface area contributed by atoms with Crippen LogP contribution in [0.3, 0.4) is 0 Å². The fraction of sp³-hybridized carbons (Fsp3) is 0.652. The molecular weight excluding hydrogens is 429 g/mol. The van der Waals surface area contributed by atoms with Crippen LogP contribution in [0.15, 0.2) is 18.2 Å². The number of benzene rings is 1. The minimum Gasteiger partial charge on any atom is -0.450 e. The number of rotatable bonds is 3. The van der Waals surface area contributed by atoms with Gasteiger partial charge in [-0.2, -0.15) is 0 Å². The summed E-state index contributed by atoms with van der Waals surface area (Å²) >= 11 is 0. The molecule has 0 unspecified atom stereocenters. The number of imidazole rings is 1. The van der Waals surface area contributed by atoms with Gasteiger partial charge in [0.2, 0.25) is 5.95 Å². The van der Waals surface area contributed by atoms with Crippen molar-refractivity contribution >= 4 is 23.1 Å². The predicted octanol–water partition coefficient (Wildman–Crippen LogP) is 2.41. The van der Waals surface area contributed by atoms with Crippen LogP contribution in [0.5, 0.6) is 0 Å². The molecule has 3 saturated heterocycles. The maximum Gasteiger partial charge on any atom is 0.409 e. The molecule has 0 spiro atoms. The highest BCUT2D eigenvalue weighted by molar-refractivity contribution is 5.79. The maximum absolute atomic E-state index is 13.7. The van der Waals surface area contributed by atoms with Crippen LogP contribution in [0.2, 0.25) is 0 Å².